The van der Waals surface area contributed by atoms with Crippen LogP contribution in [0, 0.1) is 0 Å². The molecule has 1 aliphatic heterocycles. The molecule has 0 saturated heterocycles. The fourth-order valence-electron chi connectivity index (χ4n) is 6.15. The van der Waals surface area contributed by atoms with E-state index >= 15 is 0 Å². The minimum absolute atomic E-state index is 0.00849. The number of hydrogen-bond acceptors (Lipinski definition) is 2. The van der Waals surface area contributed by atoms with E-state index in [0.717, 1.165) is 53.2 Å². The third-order valence-corrected chi connectivity index (χ3v) is 7.68. The molecular weight excluding hydrogens is 420 g/mol. The van der Waals surface area contributed by atoms with Crippen molar-refractivity contribution in [2.24, 2.45) is 0 Å². The molecule has 1 aliphatic carbocycles. The molecule has 2 heterocycles. The maximum absolute atomic E-state index is 13.6. The van der Waals surface area contributed by atoms with E-state index in [9.17, 15) is 9.59 Å². The van der Waals surface area contributed by atoms with E-state index in [2.05, 4.69) is 53.1 Å². The summed E-state index contributed by atoms with van der Waals surface area (Å²) >= 11 is 0. The number of amides is 2. The zero-order valence-corrected chi connectivity index (χ0v) is 18.8. The van der Waals surface area contributed by atoms with Crippen molar-refractivity contribution >= 4 is 44.4 Å². The summed E-state index contributed by atoms with van der Waals surface area (Å²) < 4.78 is 2.26. The number of para-hydroxylation sites is 2. The third-order valence-electron chi connectivity index (χ3n) is 7.68. The molecule has 4 nitrogen and oxygen atoms in total. The standard InChI is InChI=1S/C30H24N2O2/c33-29-23-14-8-13-22-27(32-25-15-6-4-11-20(25)21-12-5-7-16-26(21)32)18-17-24(28(22)23)30(34)31(29)19-9-2-1-3-10-19/h4-8,11-19H,1-3,9-10H2. The van der Waals surface area contributed by atoms with E-state index in [1.807, 2.05) is 30.3 Å². The van der Waals surface area contributed by atoms with Crippen molar-refractivity contribution in [3.63, 3.8) is 0 Å². The number of carbonyl (C=O) groups excluding carboxylic acids is 2. The first-order valence-electron chi connectivity index (χ1n) is 12.2. The maximum Gasteiger partial charge on any atom is 0.261 e. The van der Waals surface area contributed by atoms with Crippen LogP contribution in [-0.4, -0.2) is 27.3 Å². The molecule has 7 rings (SSSR count). The van der Waals surface area contributed by atoms with E-state index in [1.54, 1.807) is 4.90 Å². The average molecular weight is 445 g/mol. The van der Waals surface area contributed by atoms with Crippen LogP contribution in [0.2, 0.25) is 0 Å². The molecule has 34 heavy (non-hydrogen) atoms. The van der Waals surface area contributed by atoms with Crippen molar-refractivity contribution < 1.29 is 9.59 Å². The van der Waals surface area contributed by atoms with Crippen molar-refractivity contribution in [3.8, 4) is 5.69 Å². The van der Waals surface area contributed by atoms with Crippen LogP contribution in [-0.2, 0) is 0 Å². The van der Waals surface area contributed by atoms with Crippen LogP contribution in [0.3, 0.4) is 0 Å². The number of fused-ring (bicyclic) bond motifs is 3. The van der Waals surface area contributed by atoms with Gasteiger partial charge >= 0.3 is 0 Å². The van der Waals surface area contributed by atoms with Gasteiger partial charge in [0.25, 0.3) is 11.8 Å². The van der Waals surface area contributed by atoms with Gasteiger partial charge in [-0.15, -0.1) is 0 Å². The summed E-state index contributed by atoms with van der Waals surface area (Å²) in [4.78, 5) is 28.8. The quantitative estimate of drug-likeness (QED) is 0.279. The van der Waals surface area contributed by atoms with Crippen LogP contribution in [0.25, 0.3) is 38.3 Å². The van der Waals surface area contributed by atoms with E-state index in [0.29, 0.717) is 11.1 Å². The second-order valence-electron chi connectivity index (χ2n) is 9.50. The van der Waals surface area contributed by atoms with Gasteiger partial charge in [0.05, 0.1) is 16.7 Å². The minimum atomic E-state index is -0.144. The molecule has 2 amide bonds. The second kappa shape index (κ2) is 7.29. The van der Waals surface area contributed by atoms with Crippen molar-refractivity contribution in [1.82, 2.24) is 9.47 Å². The Morgan fingerprint density at radius 1 is 0.588 bits per heavy atom. The van der Waals surface area contributed by atoms with E-state index < -0.39 is 0 Å². The molecule has 0 spiro atoms. The molecule has 1 aromatic heterocycles. The van der Waals surface area contributed by atoms with E-state index in [1.165, 1.54) is 17.2 Å². The molecule has 0 radical (unpaired) electrons. The highest BCUT2D eigenvalue weighted by Gasteiger charge is 2.38. The Bertz CT molecular complexity index is 1560. The lowest BCUT2D eigenvalue weighted by atomic mass is 9.88. The Labute approximate surface area is 197 Å². The largest absolute Gasteiger partial charge is 0.309 e. The van der Waals surface area contributed by atoms with Crippen LogP contribution in [0.5, 0.6) is 0 Å². The summed E-state index contributed by atoms with van der Waals surface area (Å²) in [7, 11) is 0. The summed E-state index contributed by atoms with van der Waals surface area (Å²) in [6.45, 7) is 0. The molecule has 1 fully saturated rings. The summed E-state index contributed by atoms with van der Waals surface area (Å²) in [5, 5.41) is 4.10. The summed E-state index contributed by atoms with van der Waals surface area (Å²) in [5.74, 6) is -0.288. The molecule has 4 heteroatoms. The van der Waals surface area contributed by atoms with E-state index in [4.69, 9.17) is 0 Å². The molecule has 1 saturated carbocycles. The number of hydrogen-bond donors (Lipinski definition) is 0. The predicted octanol–water partition coefficient (Wildman–Crippen LogP) is 6.87. The SMILES string of the molecule is O=C1c2cccc3c(-n4c5ccccc5c5ccccc54)ccc(c23)C(=O)N1C1CCCCC1. The van der Waals surface area contributed by atoms with Gasteiger partial charge in [-0.3, -0.25) is 14.5 Å². The van der Waals surface area contributed by atoms with Gasteiger partial charge in [-0.05, 0) is 43.2 Å². The Morgan fingerprint density at radius 2 is 1.18 bits per heavy atom. The molecule has 0 unspecified atom stereocenters. The van der Waals surface area contributed by atoms with Crippen LogP contribution in [0.1, 0.15) is 52.8 Å². The molecule has 4 aromatic carbocycles. The fraction of sp³-hybridized carbons (Fsp3) is 0.200. The Balaban J connectivity index is 1.50. The normalized spacial score (nSPS) is 16.8. The number of carbonyl (C=O) groups is 2. The lowest BCUT2D eigenvalue weighted by molar-refractivity contribution is 0.0503. The molecule has 166 valence electrons. The molecule has 5 aromatic rings. The lowest BCUT2D eigenvalue weighted by Gasteiger charge is -2.36. The summed E-state index contributed by atoms with van der Waals surface area (Å²) in [6, 6.07) is 26.6. The molecule has 0 atom stereocenters. The predicted molar refractivity (Wildman–Crippen MR) is 136 cm³/mol. The van der Waals surface area contributed by atoms with Crippen molar-refractivity contribution in [2.45, 2.75) is 38.1 Å². The van der Waals surface area contributed by atoms with Crippen LogP contribution >= 0.6 is 0 Å². The first-order chi connectivity index (χ1) is 16.7. The highest BCUT2D eigenvalue weighted by atomic mass is 16.2. The molecule has 2 aliphatic rings. The summed E-state index contributed by atoms with van der Waals surface area (Å²) in [5.41, 5.74) is 4.49. The monoisotopic (exact) mass is 444 g/mol. The van der Waals surface area contributed by atoms with Crippen molar-refractivity contribution in [2.75, 3.05) is 0 Å². The smallest absolute Gasteiger partial charge is 0.261 e. The Kier molecular flexibility index (Phi) is 4.19. The molecule has 0 N–H and O–H groups in total. The first-order valence-corrected chi connectivity index (χ1v) is 12.2. The van der Waals surface area contributed by atoms with Crippen LogP contribution < -0.4 is 0 Å². The Morgan fingerprint density at radius 3 is 1.85 bits per heavy atom. The van der Waals surface area contributed by atoms with Crippen LogP contribution in [0.15, 0.2) is 78.9 Å². The van der Waals surface area contributed by atoms with E-state index in [-0.39, 0.29) is 17.9 Å². The van der Waals surface area contributed by atoms with Gasteiger partial charge in [-0.1, -0.05) is 67.8 Å². The maximum atomic E-state index is 13.6. The number of aromatic nitrogens is 1. The van der Waals surface area contributed by atoms with Crippen molar-refractivity contribution in [1.29, 1.82) is 0 Å². The van der Waals surface area contributed by atoms with Gasteiger partial charge in [-0.25, -0.2) is 0 Å². The van der Waals surface area contributed by atoms with Crippen molar-refractivity contribution in [3.05, 3.63) is 90.0 Å². The highest BCUT2D eigenvalue weighted by Crippen LogP contribution is 2.39. The van der Waals surface area contributed by atoms with Gasteiger partial charge < -0.3 is 4.57 Å². The fourth-order valence-corrected chi connectivity index (χ4v) is 6.15. The third kappa shape index (κ3) is 2.59. The number of imide groups is 1. The second-order valence-corrected chi connectivity index (χ2v) is 9.50. The van der Waals surface area contributed by atoms with Gasteiger partial charge in [0.15, 0.2) is 0 Å². The van der Waals surface area contributed by atoms with Gasteiger partial charge in [-0.2, -0.15) is 0 Å². The zero-order valence-electron chi connectivity index (χ0n) is 18.8. The number of rotatable bonds is 2. The summed E-state index contributed by atoms with van der Waals surface area (Å²) in [6.07, 6.45) is 5.14. The molecule has 0 bridgehead atoms. The zero-order chi connectivity index (χ0) is 22.8. The van der Waals surface area contributed by atoms with Crippen LogP contribution in [0.4, 0.5) is 0 Å². The molecular formula is C30H24N2O2. The number of nitrogens with zero attached hydrogens (tertiary/aromatic N) is 2. The lowest BCUT2D eigenvalue weighted by Crippen LogP contribution is -2.47. The highest BCUT2D eigenvalue weighted by molar-refractivity contribution is 6.26. The topological polar surface area (TPSA) is 42.3 Å². The minimum Gasteiger partial charge on any atom is -0.309 e. The Hall–Kier alpha value is -3.92. The van der Waals surface area contributed by atoms with Gasteiger partial charge in [0.1, 0.15) is 0 Å². The average Bonchev–Trinajstić information content (AvgIpc) is 3.22. The number of benzene rings is 4. The van der Waals surface area contributed by atoms with Gasteiger partial charge in [0.2, 0.25) is 0 Å². The first kappa shape index (κ1) is 19.5. The van der Waals surface area contributed by atoms with Gasteiger partial charge in [0, 0.05) is 38.7 Å².